The Labute approximate surface area is 128 Å². The predicted molar refractivity (Wildman–Crippen MR) is 79.0 cm³/mol. The minimum atomic E-state index is 0.464. The van der Waals surface area contributed by atoms with Crippen molar-refractivity contribution >= 4 is 34.9 Å². The zero-order valence-electron chi connectivity index (χ0n) is 10.4. The van der Waals surface area contributed by atoms with Crippen LogP contribution in [0.5, 0.6) is 0 Å². The lowest BCUT2D eigenvalue weighted by molar-refractivity contribution is 0.466. The lowest BCUT2D eigenvalue weighted by Gasteiger charge is -1.98. The van der Waals surface area contributed by atoms with Crippen molar-refractivity contribution in [3.8, 4) is 10.8 Å². The van der Waals surface area contributed by atoms with Crippen LogP contribution >= 0.6 is 34.9 Å². The first kappa shape index (κ1) is 13.5. The van der Waals surface area contributed by atoms with Crippen molar-refractivity contribution in [1.82, 2.24) is 19.8 Å². The van der Waals surface area contributed by atoms with Gasteiger partial charge in [-0.05, 0) is 36.2 Å². The second-order valence-corrected chi connectivity index (χ2v) is 6.10. The molecule has 0 amide bonds. The Bertz CT molecular complexity index is 728. The van der Waals surface area contributed by atoms with Gasteiger partial charge in [-0.25, -0.2) is 0 Å². The van der Waals surface area contributed by atoms with E-state index in [0.29, 0.717) is 11.1 Å². The highest BCUT2D eigenvalue weighted by atomic mass is 35.5. The molecule has 0 radical (unpaired) electrons. The maximum atomic E-state index is 5.94. The summed E-state index contributed by atoms with van der Waals surface area (Å²) < 4.78 is 9.45. The highest BCUT2D eigenvalue weighted by molar-refractivity contribution is 7.98. The zero-order valence-corrected chi connectivity index (χ0v) is 12.8. The number of aromatic nitrogens is 4. The zero-order chi connectivity index (χ0) is 13.9. The summed E-state index contributed by atoms with van der Waals surface area (Å²) in [5.41, 5.74) is 1.91. The van der Waals surface area contributed by atoms with Gasteiger partial charge in [0.05, 0.1) is 5.69 Å². The quantitative estimate of drug-likeness (QED) is 0.679. The third kappa shape index (κ3) is 3.00. The van der Waals surface area contributed by atoms with Gasteiger partial charge in [-0.3, -0.25) is 0 Å². The van der Waals surface area contributed by atoms with Crippen LogP contribution in [0.15, 0.2) is 33.9 Å². The van der Waals surface area contributed by atoms with E-state index in [1.54, 1.807) is 0 Å². The van der Waals surface area contributed by atoms with E-state index in [1.807, 2.05) is 31.2 Å². The van der Waals surface area contributed by atoms with Gasteiger partial charge in [-0.15, -0.1) is 15.3 Å². The smallest absolute Gasteiger partial charge is 0.277 e. The molecule has 0 spiro atoms. The summed E-state index contributed by atoms with van der Waals surface area (Å²) >= 11 is 8.66. The third-order valence-electron chi connectivity index (χ3n) is 2.50. The molecule has 2 heterocycles. The molecule has 0 bridgehead atoms. The fraction of sp³-hybridized carbons (Fsp3) is 0.167. The molecule has 3 rings (SSSR count). The number of hydrogen-bond acceptors (Lipinski definition) is 7. The molecule has 0 N–H and O–H groups in total. The lowest BCUT2D eigenvalue weighted by Crippen LogP contribution is -1.80. The topological polar surface area (TPSA) is 64.7 Å². The van der Waals surface area contributed by atoms with Gasteiger partial charge in [-0.1, -0.05) is 40.0 Å². The van der Waals surface area contributed by atoms with E-state index in [-0.39, 0.29) is 0 Å². The maximum Gasteiger partial charge on any atom is 0.277 e. The fourth-order valence-electron chi connectivity index (χ4n) is 1.56. The number of thioether (sulfide) groups is 1. The molecule has 0 saturated carbocycles. The van der Waals surface area contributed by atoms with Gasteiger partial charge in [0.25, 0.3) is 11.1 Å². The van der Waals surface area contributed by atoms with Gasteiger partial charge >= 0.3 is 0 Å². The summed E-state index contributed by atoms with van der Waals surface area (Å²) in [5, 5.41) is 13.2. The van der Waals surface area contributed by atoms with Crippen LogP contribution in [-0.2, 0) is 5.75 Å². The molecule has 2 aromatic heterocycles. The molecule has 8 heteroatoms. The summed E-state index contributed by atoms with van der Waals surface area (Å²) in [6, 6.07) is 7.69. The minimum Gasteiger partial charge on any atom is -0.410 e. The largest absolute Gasteiger partial charge is 0.410 e. The number of benzene rings is 1. The highest BCUT2D eigenvalue weighted by Crippen LogP contribution is 2.28. The van der Waals surface area contributed by atoms with Gasteiger partial charge in [0.1, 0.15) is 4.88 Å². The van der Waals surface area contributed by atoms with Crippen molar-refractivity contribution in [3.05, 3.63) is 40.5 Å². The van der Waals surface area contributed by atoms with E-state index in [2.05, 4.69) is 19.8 Å². The molecule has 0 saturated heterocycles. The Kier molecular flexibility index (Phi) is 4.00. The number of hydrogen-bond donors (Lipinski definition) is 0. The molecule has 0 atom stereocenters. The van der Waals surface area contributed by atoms with Crippen molar-refractivity contribution in [3.63, 3.8) is 0 Å². The molecule has 0 unspecified atom stereocenters. The summed E-state index contributed by atoms with van der Waals surface area (Å²) in [7, 11) is 0. The Hall–Kier alpha value is -1.44. The molecular weight excluding hydrogens is 316 g/mol. The standard InChI is InChI=1S/C12H9ClN4OS2/c1-7-10(20-17-14-7)11-15-16-12(18-11)19-6-8-3-2-4-9(13)5-8/h2-5H,6H2,1H3. The Morgan fingerprint density at radius 1 is 1.30 bits per heavy atom. The molecule has 102 valence electrons. The van der Waals surface area contributed by atoms with E-state index in [4.69, 9.17) is 16.0 Å². The normalized spacial score (nSPS) is 10.9. The van der Waals surface area contributed by atoms with Gasteiger partial charge in [0.2, 0.25) is 0 Å². The molecule has 5 nitrogen and oxygen atoms in total. The highest BCUT2D eigenvalue weighted by Gasteiger charge is 2.14. The average Bonchev–Trinajstić information content (AvgIpc) is 3.05. The maximum absolute atomic E-state index is 5.94. The molecule has 0 aliphatic carbocycles. The predicted octanol–water partition coefficient (Wildman–Crippen LogP) is 3.84. The summed E-state index contributed by atoms with van der Waals surface area (Å²) in [6.45, 7) is 1.86. The van der Waals surface area contributed by atoms with Crippen LogP contribution in [0.4, 0.5) is 0 Å². The van der Waals surface area contributed by atoms with Crippen LogP contribution in [0.1, 0.15) is 11.3 Å². The molecular formula is C12H9ClN4OS2. The van der Waals surface area contributed by atoms with Gasteiger partial charge in [0, 0.05) is 10.8 Å². The van der Waals surface area contributed by atoms with E-state index in [1.165, 1.54) is 23.3 Å². The lowest BCUT2D eigenvalue weighted by atomic mass is 10.2. The Morgan fingerprint density at radius 2 is 2.20 bits per heavy atom. The third-order valence-corrected chi connectivity index (χ3v) is 4.44. The first-order valence-electron chi connectivity index (χ1n) is 5.72. The monoisotopic (exact) mass is 324 g/mol. The van der Waals surface area contributed by atoms with E-state index < -0.39 is 0 Å². The Balaban J connectivity index is 1.70. The second-order valence-electron chi connectivity index (χ2n) is 3.98. The van der Waals surface area contributed by atoms with Gasteiger partial charge < -0.3 is 4.42 Å². The second kappa shape index (κ2) is 5.90. The van der Waals surface area contributed by atoms with Crippen molar-refractivity contribution in [1.29, 1.82) is 0 Å². The van der Waals surface area contributed by atoms with Crippen LogP contribution in [-0.4, -0.2) is 19.8 Å². The number of rotatable bonds is 4. The van der Waals surface area contributed by atoms with Crippen LogP contribution in [0.2, 0.25) is 5.02 Å². The minimum absolute atomic E-state index is 0.464. The molecule has 1 aromatic carbocycles. The van der Waals surface area contributed by atoms with Crippen molar-refractivity contribution in [2.75, 3.05) is 0 Å². The average molecular weight is 325 g/mol. The first-order chi connectivity index (χ1) is 9.72. The van der Waals surface area contributed by atoms with Crippen LogP contribution in [0.25, 0.3) is 10.8 Å². The van der Waals surface area contributed by atoms with E-state index in [9.17, 15) is 0 Å². The molecule has 0 fully saturated rings. The summed E-state index contributed by atoms with van der Waals surface area (Å²) in [5.74, 6) is 1.19. The van der Waals surface area contributed by atoms with Crippen molar-refractivity contribution < 1.29 is 4.42 Å². The number of halogens is 1. The number of aryl methyl sites for hydroxylation is 1. The molecule has 0 aliphatic rings. The Morgan fingerprint density at radius 3 is 2.95 bits per heavy atom. The SMILES string of the molecule is Cc1nnsc1-c1nnc(SCc2cccc(Cl)c2)o1. The first-order valence-corrected chi connectivity index (χ1v) is 7.86. The molecule has 20 heavy (non-hydrogen) atoms. The summed E-state index contributed by atoms with van der Waals surface area (Å²) in [6.07, 6.45) is 0. The van der Waals surface area contributed by atoms with Crippen molar-refractivity contribution in [2.24, 2.45) is 0 Å². The molecule has 3 aromatic rings. The summed E-state index contributed by atoms with van der Waals surface area (Å²) in [4.78, 5) is 0.812. The van der Waals surface area contributed by atoms with Gasteiger partial charge in [-0.2, -0.15) is 0 Å². The van der Waals surface area contributed by atoms with Gasteiger partial charge in [0.15, 0.2) is 0 Å². The fourth-order valence-corrected chi connectivity index (χ4v) is 3.06. The van der Waals surface area contributed by atoms with Crippen LogP contribution < -0.4 is 0 Å². The number of nitrogens with zero attached hydrogens (tertiary/aromatic N) is 4. The van der Waals surface area contributed by atoms with E-state index in [0.717, 1.165) is 26.9 Å². The van der Waals surface area contributed by atoms with Crippen LogP contribution in [0.3, 0.4) is 0 Å². The van der Waals surface area contributed by atoms with Crippen LogP contribution in [0, 0.1) is 6.92 Å². The molecule has 0 aliphatic heterocycles. The van der Waals surface area contributed by atoms with Crippen molar-refractivity contribution in [2.45, 2.75) is 17.9 Å². The van der Waals surface area contributed by atoms with E-state index >= 15 is 0 Å².